The van der Waals surface area contributed by atoms with Crippen LogP contribution >= 0.6 is 0 Å². The van der Waals surface area contributed by atoms with Crippen LogP contribution in [0.15, 0.2) is 453 Å². The molecule has 0 atom stereocenters. The minimum Gasteiger partial charge on any atom is -0.456 e. The summed E-state index contributed by atoms with van der Waals surface area (Å²) in [4.78, 5) is 4.87. The molecule has 3 nitrogen and oxygen atoms in total. The zero-order valence-electron chi connectivity index (χ0n) is 67.5. The van der Waals surface area contributed by atoms with Crippen LogP contribution in [-0.2, 0) is 16.2 Å². The average molecular weight is 1550 g/mol. The first-order chi connectivity index (χ1) is 60.2. The van der Waals surface area contributed by atoms with Crippen molar-refractivity contribution in [3.63, 3.8) is 0 Å². The van der Waals surface area contributed by atoms with E-state index in [1.807, 2.05) is 0 Å². The molecule has 0 aliphatic heterocycles. The van der Waals surface area contributed by atoms with Gasteiger partial charge in [0, 0.05) is 50.2 Å². The molecule has 572 valence electrons. The second-order valence-corrected chi connectivity index (χ2v) is 33.6. The van der Waals surface area contributed by atoms with E-state index in [1.54, 1.807) is 0 Å². The Morgan fingerprint density at radius 1 is 0.189 bits per heavy atom. The van der Waals surface area contributed by atoms with Gasteiger partial charge in [-0.1, -0.05) is 372 Å². The molecule has 19 aromatic carbocycles. The summed E-state index contributed by atoms with van der Waals surface area (Å²) < 4.78 is 6.89. The summed E-state index contributed by atoms with van der Waals surface area (Å²) in [5, 5.41) is 2.18. The Morgan fingerprint density at radius 2 is 0.508 bits per heavy atom. The number of para-hydroxylation sites is 1. The van der Waals surface area contributed by atoms with E-state index in [1.165, 1.54) is 134 Å². The fraction of sp³-hybridized carbons (Fsp3) is 0.0420. The van der Waals surface area contributed by atoms with Crippen molar-refractivity contribution in [3.05, 3.63) is 505 Å². The number of furan rings is 1. The lowest BCUT2D eigenvalue weighted by atomic mass is 9.67. The van der Waals surface area contributed by atoms with Gasteiger partial charge in [0.1, 0.15) is 11.2 Å². The highest BCUT2D eigenvalue weighted by Crippen LogP contribution is 2.65. The van der Waals surface area contributed by atoms with Gasteiger partial charge in [0.05, 0.1) is 16.5 Å². The van der Waals surface area contributed by atoms with E-state index in [2.05, 4.69) is 473 Å². The van der Waals surface area contributed by atoms with Gasteiger partial charge in [0.2, 0.25) is 0 Å². The maximum Gasteiger partial charge on any atom is 0.136 e. The molecule has 122 heavy (non-hydrogen) atoms. The average Bonchev–Trinajstić information content (AvgIpc) is 1.30. The van der Waals surface area contributed by atoms with Crippen LogP contribution in [0.5, 0.6) is 0 Å². The number of hydrogen-bond donors (Lipinski definition) is 0. The first-order valence-corrected chi connectivity index (χ1v) is 42.5. The van der Waals surface area contributed by atoms with E-state index < -0.39 is 10.8 Å². The van der Waals surface area contributed by atoms with Crippen LogP contribution < -0.4 is 9.80 Å². The second kappa shape index (κ2) is 27.9. The Bertz CT molecular complexity index is 7460. The number of hydrogen-bond acceptors (Lipinski definition) is 3. The summed E-state index contributed by atoms with van der Waals surface area (Å²) in [7, 11) is 0. The summed E-state index contributed by atoms with van der Waals surface area (Å²) in [6.45, 7) is 4.75. The van der Waals surface area contributed by atoms with Crippen molar-refractivity contribution in [2.45, 2.75) is 30.1 Å². The number of rotatable bonds is 14. The molecule has 1 aromatic heterocycles. The topological polar surface area (TPSA) is 19.6 Å². The minimum atomic E-state index is -0.481. The third-order valence-electron chi connectivity index (χ3n) is 27.0. The molecule has 1 spiro atoms. The maximum atomic E-state index is 6.89. The molecule has 4 aliphatic rings. The van der Waals surface area contributed by atoms with Gasteiger partial charge in [0.25, 0.3) is 0 Å². The zero-order valence-corrected chi connectivity index (χ0v) is 67.5. The summed E-state index contributed by atoms with van der Waals surface area (Å²) in [5.41, 5.74) is 44.3. The van der Waals surface area contributed by atoms with Gasteiger partial charge in [-0.25, -0.2) is 0 Å². The molecule has 1 heterocycles. The minimum absolute atomic E-state index is 0.201. The van der Waals surface area contributed by atoms with E-state index in [4.69, 9.17) is 4.42 Å². The predicted molar refractivity (Wildman–Crippen MR) is 507 cm³/mol. The predicted octanol–water partition coefficient (Wildman–Crippen LogP) is 31.5. The SMILES string of the molecule is CC1(C)c2ccccc2-c2ccc(N(c3ccc(-c4ccc5c(c4)oc4cc(-c6ccc(-c7ccc(N(c8ccc(-c9ccccc9)cc8)c8ccc(-c9cccc%10c9-c9ccccc9C%10(c9ccccc9)c9ccccc9)cc8)cc7)cc6)ccc45)cc3)c3ccccc3-c3cccc4c3-c3ccccc3C43c4ccccc4-c4ccccc43)cc21. The highest BCUT2D eigenvalue weighted by molar-refractivity contribution is 6.08. The highest BCUT2D eigenvalue weighted by atomic mass is 16.3. The maximum absolute atomic E-state index is 6.89. The Labute approximate surface area is 711 Å². The second-order valence-electron chi connectivity index (χ2n) is 33.6. The molecule has 0 radical (unpaired) electrons. The Balaban J connectivity index is 0.533. The monoisotopic (exact) mass is 1550 g/mol. The Hall–Kier alpha value is -15.4. The van der Waals surface area contributed by atoms with Gasteiger partial charge in [-0.2, -0.15) is 0 Å². The van der Waals surface area contributed by atoms with Crippen molar-refractivity contribution in [1.29, 1.82) is 0 Å². The fourth-order valence-corrected chi connectivity index (χ4v) is 21.5. The van der Waals surface area contributed by atoms with Gasteiger partial charge < -0.3 is 14.2 Å². The smallest absolute Gasteiger partial charge is 0.136 e. The molecule has 0 amide bonds. The summed E-state index contributed by atoms with van der Waals surface area (Å²) in [6, 6.07) is 167. The van der Waals surface area contributed by atoms with Crippen molar-refractivity contribution in [1.82, 2.24) is 0 Å². The fourth-order valence-electron chi connectivity index (χ4n) is 21.5. The van der Waals surface area contributed by atoms with Gasteiger partial charge in [-0.05, 0) is 252 Å². The lowest BCUT2D eigenvalue weighted by Gasteiger charge is -2.34. The van der Waals surface area contributed by atoms with Crippen molar-refractivity contribution in [3.8, 4) is 111 Å². The van der Waals surface area contributed by atoms with Crippen molar-refractivity contribution < 1.29 is 4.42 Å². The lowest BCUT2D eigenvalue weighted by Crippen LogP contribution is -2.28. The van der Waals surface area contributed by atoms with Crippen LogP contribution in [0.4, 0.5) is 34.1 Å². The lowest BCUT2D eigenvalue weighted by molar-refractivity contribution is 0.660. The molecule has 0 unspecified atom stereocenters. The third kappa shape index (κ3) is 10.7. The third-order valence-corrected chi connectivity index (χ3v) is 27.0. The van der Waals surface area contributed by atoms with Crippen molar-refractivity contribution in [2.24, 2.45) is 0 Å². The quantitative estimate of drug-likeness (QED) is 0.108. The van der Waals surface area contributed by atoms with Crippen LogP contribution in [0.2, 0.25) is 0 Å². The van der Waals surface area contributed by atoms with Crippen molar-refractivity contribution in [2.75, 3.05) is 9.80 Å². The first-order valence-electron chi connectivity index (χ1n) is 42.5. The van der Waals surface area contributed by atoms with Gasteiger partial charge in [-0.15, -0.1) is 0 Å². The zero-order chi connectivity index (χ0) is 80.8. The van der Waals surface area contributed by atoms with Crippen molar-refractivity contribution >= 4 is 56.1 Å². The molecule has 4 aliphatic carbocycles. The van der Waals surface area contributed by atoms with E-state index in [-0.39, 0.29) is 5.41 Å². The summed E-state index contributed by atoms with van der Waals surface area (Å²) in [6.07, 6.45) is 0. The van der Waals surface area contributed by atoms with Gasteiger partial charge >= 0.3 is 0 Å². The molecule has 0 N–H and O–H groups in total. The summed E-state index contributed by atoms with van der Waals surface area (Å²) in [5.74, 6) is 0. The number of fused-ring (bicyclic) bond motifs is 19. The van der Waals surface area contributed by atoms with Crippen LogP contribution in [0.25, 0.3) is 133 Å². The normalized spacial score (nSPS) is 13.5. The molecular weight excluding hydrogens is 1470 g/mol. The van der Waals surface area contributed by atoms with E-state index in [9.17, 15) is 0 Å². The number of anilines is 6. The molecule has 0 bridgehead atoms. The first kappa shape index (κ1) is 70.8. The standard InChI is InChI=1S/C119H80N2O/c1-117(2)104-40-18-12-32-94(104)97-73-70-92(76-111(97)117)121(112-47-23-17-35-98(112)101-39-25-46-110-116(101)103-37-16-22-44-108(103)119(110)105-41-19-13-33-95(105)96-34-14-20-42-106(96)119)91-66-56-82(57-67-91)85-61-72-100-99-71-60-84(74-113(99)122-114(100)75-85)81-50-48-78(49-51-81)80-54-64-89(65-55-80)120(88-62-52-79(53-63-88)77-26-6-3-7-27-77)90-68-58-83(59-69-90)93-38-24-45-109-115(93)102-36-15-21-43-107(102)118(109,86-28-8-4-9-29-86)87-30-10-5-11-31-87/h3-76H,1-2H3. The summed E-state index contributed by atoms with van der Waals surface area (Å²) >= 11 is 0. The molecule has 24 rings (SSSR count). The number of benzene rings is 19. The van der Waals surface area contributed by atoms with Crippen LogP contribution in [0.3, 0.4) is 0 Å². The van der Waals surface area contributed by atoms with E-state index in [0.29, 0.717) is 0 Å². The van der Waals surface area contributed by atoms with Gasteiger partial charge in [-0.3, -0.25) is 0 Å². The number of nitrogens with zero attached hydrogens (tertiary/aromatic N) is 2. The van der Waals surface area contributed by atoms with Crippen LogP contribution in [-0.4, -0.2) is 0 Å². The molecule has 20 aromatic rings. The molecule has 3 heteroatoms. The van der Waals surface area contributed by atoms with E-state index >= 15 is 0 Å². The molecule has 0 fully saturated rings. The van der Waals surface area contributed by atoms with E-state index in [0.717, 1.165) is 89.4 Å². The van der Waals surface area contributed by atoms with Crippen LogP contribution in [0, 0.1) is 0 Å². The Morgan fingerprint density at radius 3 is 1.02 bits per heavy atom. The molecule has 0 saturated carbocycles. The largest absolute Gasteiger partial charge is 0.456 e. The highest BCUT2D eigenvalue weighted by Gasteiger charge is 2.53. The van der Waals surface area contributed by atoms with Crippen LogP contribution in [0.1, 0.15) is 69.5 Å². The molecular formula is C119H80N2O. The molecule has 0 saturated heterocycles. The Kier molecular flexibility index (Phi) is 16.2. The van der Waals surface area contributed by atoms with Gasteiger partial charge in [0.15, 0.2) is 0 Å².